The van der Waals surface area contributed by atoms with Gasteiger partial charge in [-0.15, -0.1) is 0 Å². The predicted molar refractivity (Wildman–Crippen MR) is 74.9 cm³/mol. The van der Waals surface area contributed by atoms with E-state index in [1.54, 1.807) is 6.07 Å². The van der Waals surface area contributed by atoms with Crippen LogP contribution in [0.3, 0.4) is 0 Å². The normalized spacial score (nSPS) is 17.1. The molecule has 108 valence electrons. The molecule has 0 saturated heterocycles. The minimum absolute atomic E-state index is 0.0865. The fourth-order valence-electron chi connectivity index (χ4n) is 2.96. The summed E-state index contributed by atoms with van der Waals surface area (Å²) in [6.07, 6.45) is 3.92. The van der Waals surface area contributed by atoms with E-state index in [-0.39, 0.29) is 23.0 Å². The van der Waals surface area contributed by atoms with Crippen molar-refractivity contribution >= 4 is 23.3 Å². The third-order valence-corrected chi connectivity index (χ3v) is 4.36. The van der Waals surface area contributed by atoms with Crippen molar-refractivity contribution in [3.05, 3.63) is 38.9 Å². The molecule has 1 aliphatic carbocycles. The van der Waals surface area contributed by atoms with Gasteiger partial charge >= 0.3 is 5.97 Å². The summed E-state index contributed by atoms with van der Waals surface area (Å²) in [5, 5.41) is 20.7. The van der Waals surface area contributed by atoms with Gasteiger partial charge in [0.1, 0.15) is 0 Å². The van der Waals surface area contributed by atoms with Crippen LogP contribution in [0.15, 0.2) is 18.2 Å². The van der Waals surface area contributed by atoms with Gasteiger partial charge in [-0.1, -0.05) is 30.5 Å². The number of carboxylic acid groups (broad SMARTS) is 1. The highest BCUT2D eigenvalue weighted by Gasteiger charge is 2.33. The van der Waals surface area contributed by atoms with Crippen molar-refractivity contribution in [3.8, 4) is 0 Å². The Bertz CT molecular complexity index is 526. The molecule has 6 heteroatoms. The molecule has 20 heavy (non-hydrogen) atoms. The quantitative estimate of drug-likeness (QED) is 0.664. The predicted octanol–water partition coefficient (Wildman–Crippen LogP) is 3.68. The molecule has 1 N–H and O–H groups in total. The molecule has 0 spiro atoms. The molecule has 1 aromatic carbocycles. The van der Waals surface area contributed by atoms with Gasteiger partial charge < -0.3 is 5.11 Å². The lowest BCUT2D eigenvalue weighted by Gasteiger charge is -2.19. The van der Waals surface area contributed by atoms with Crippen LogP contribution in [0.25, 0.3) is 0 Å². The molecule has 0 bridgehead atoms. The van der Waals surface area contributed by atoms with Crippen LogP contribution in [0.1, 0.15) is 31.2 Å². The fraction of sp³-hybridized carbons (Fsp3) is 0.500. The molecule has 5 nitrogen and oxygen atoms in total. The summed E-state index contributed by atoms with van der Waals surface area (Å²) < 4.78 is 0. The van der Waals surface area contributed by atoms with Crippen LogP contribution in [0, 0.1) is 22.0 Å². The molecule has 0 aromatic heterocycles. The maximum absolute atomic E-state index is 11.5. The number of aliphatic carboxylic acids is 1. The SMILES string of the molecule is O=C(O)C(Cc1c(Cl)cccc1[N+](=O)[O-])C1CCCC1. The summed E-state index contributed by atoms with van der Waals surface area (Å²) in [5.74, 6) is -1.41. The summed E-state index contributed by atoms with van der Waals surface area (Å²) in [7, 11) is 0. The summed E-state index contributed by atoms with van der Waals surface area (Å²) in [6, 6.07) is 4.45. The standard InChI is InChI=1S/C14H16ClNO4/c15-12-6-3-7-13(16(19)20)11(12)8-10(14(17)18)9-4-1-2-5-9/h3,6-7,9-10H,1-2,4-5,8H2,(H,17,18). The zero-order chi connectivity index (χ0) is 14.7. The summed E-state index contributed by atoms with van der Waals surface area (Å²) in [4.78, 5) is 22.0. The summed E-state index contributed by atoms with van der Waals surface area (Å²) in [6.45, 7) is 0. The Morgan fingerprint density at radius 1 is 1.45 bits per heavy atom. The molecule has 1 saturated carbocycles. The highest BCUT2D eigenvalue weighted by molar-refractivity contribution is 6.31. The maximum atomic E-state index is 11.5. The van der Waals surface area contributed by atoms with Crippen molar-refractivity contribution in [1.82, 2.24) is 0 Å². The van der Waals surface area contributed by atoms with Crippen molar-refractivity contribution in [2.75, 3.05) is 0 Å². The van der Waals surface area contributed by atoms with E-state index in [0.29, 0.717) is 5.56 Å². The Kier molecular flexibility index (Phi) is 4.60. The Hall–Kier alpha value is -1.62. The number of nitro groups is 1. The van der Waals surface area contributed by atoms with Gasteiger partial charge in [0.2, 0.25) is 0 Å². The third kappa shape index (κ3) is 3.10. The largest absolute Gasteiger partial charge is 0.481 e. The maximum Gasteiger partial charge on any atom is 0.307 e. The first-order chi connectivity index (χ1) is 9.50. The molecule has 0 aliphatic heterocycles. The molecule has 2 rings (SSSR count). The van der Waals surface area contributed by atoms with Crippen LogP contribution < -0.4 is 0 Å². The van der Waals surface area contributed by atoms with Crippen LogP contribution in [-0.4, -0.2) is 16.0 Å². The first-order valence-corrected chi connectivity index (χ1v) is 7.03. The first-order valence-electron chi connectivity index (χ1n) is 6.65. The number of halogens is 1. The average molecular weight is 298 g/mol. The first kappa shape index (κ1) is 14.8. The van der Waals surface area contributed by atoms with E-state index in [0.717, 1.165) is 25.7 Å². The number of carbonyl (C=O) groups is 1. The van der Waals surface area contributed by atoms with Crippen LogP contribution in [-0.2, 0) is 11.2 Å². The molecule has 1 atom stereocenters. The second kappa shape index (κ2) is 6.22. The number of rotatable bonds is 5. The van der Waals surface area contributed by atoms with Gasteiger partial charge in [-0.3, -0.25) is 14.9 Å². The number of hydrogen-bond acceptors (Lipinski definition) is 3. The van der Waals surface area contributed by atoms with Gasteiger partial charge in [0.05, 0.1) is 15.9 Å². The number of carboxylic acids is 1. The Morgan fingerprint density at radius 2 is 2.10 bits per heavy atom. The number of nitrogens with zero attached hydrogens (tertiary/aromatic N) is 1. The van der Waals surface area contributed by atoms with Crippen LogP contribution >= 0.6 is 11.6 Å². The van der Waals surface area contributed by atoms with E-state index in [1.807, 2.05) is 0 Å². The van der Waals surface area contributed by atoms with Crippen LogP contribution in [0.5, 0.6) is 0 Å². The molecule has 1 unspecified atom stereocenters. The van der Waals surface area contributed by atoms with E-state index in [9.17, 15) is 20.0 Å². The highest BCUT2D eigenvalue weighted by Crippen LogP contribution is 2.36. The van der Waals surface area contributed by atoms with Gasteiger partial charge in [-0.05, 0) is 31.2 Å². The molecule has 0 heterocycles. The van der Waals surface area contributed by atoms with E-state index in [1.165, 1.54) is 12.1 Å². The fourth-order valence-corrected chi connectivity index (χ4v) is 3.20. The minimum atomic E-state index is -0.897. The molecular formula is C14H16ClNO4. The molecule has 1 aliphatic rings. The van der Waals surface area contributed by atoms with Crippen LogP contribution in [0.2, 0.25) is 5.02 Å². The highest BCUT2D eigenvalue weighted by atomic mass is 35.5. The second-order valence-electron chi connectivity index (χ2n) is 5.19. The van der Waals surface area contributed by atoms with Gasteiger partial charge in [0.15, 0.2) is 0 Å². The topological polar surface area (TPSA) is 80.4 Å². The van der Waals surface area contributed by atoms with Gasteiger partial charge in [-0.25, -0.2) is 0 Å². The second-order valence-corrected chi connectivity index (χ2v) is 5.60. The van der Waals surface area contributed by atoms with Gasteiger partial charge in [0, 0.05) is 11.6 Å². The monoisotopic (exact) mass is 297 g/mol. The summed E-state index contributed by atoms with van der Waals surface area (Å²) in [5.41, 5.74) is 0.236. The third-order valence-electron chi connectivity index (χ3n) is 4.00. The molecular weight excluding hydrogens is 282 g/mol. The average Bonchev–Trinajstić information content (AvgIpc) is 2.90. The lowest BCUT2D eigenvalue weighted by Crippen LogP contribution is -2.24. The smallest absolute Gasteiger partial charge is 0.307 e. The number of nitro benzene ring substituents is 1. The van der Waals surface area contributed by atoms with Crippen molar-refractivity contribution in [1.29, 1.82) is 0 Å². The zero-order valence-corrected chi connectivity index (χ0v) is 11.7. The van der Waals surface area contributed by atoms with Crippen molar-refractivity contribution < 1.29 is 14.8 Å². The Balaban J connectivity index is 2.30. The molecule has 1 fully saturated rings. The van der Waals surface area contributed by atoms with E-state index in [4.69, 9.17) is 11.6 Å². The van der Waals surface area contributed by atoms with Gasteiger partial charge in [0.25, 0.3) is 5.69 Å². The zero-order valence-electron chi connectivity index (χ0n) is 10.9. The van der Waals surface area contributed by atoms with Crippen molar-refractivity contribution in [2.45, 2.75) is 32.1 Å². The lowest BCUT2D eigenvalue weighted by molar-refractivity contribution is -0.385. The molecule has 0 radical (unpaired) electrons. The number of benzene rings is 1. The van der Waals surface area contributed by atoms with E-state index in [2.05, 4.69) is 0 Å². The van der Waals surface area contributed by atoms with Gasteiger partial charge in [-0.2, -0.15) is 0 Å². The number of hydrogen-bond donors (Lipinski definition) is 1. The van der Waals surface area contributed by atoms with Crippen molar-refractivity contribution in [3.63, 3.8) is 0 Å². The molecule has 1 aromatic rings. The Morgan fingerprint density at radius 3 is 2.65 bits per heavy atom. The lowest BCUT2D eigenvalue weighted by atomic mass is 9.85. The minimum Gasteiger partial charge on any atom is -0.481 e. The van der Waals surface area contributed by atoms with Crippen molar-refractivity contribution in [2.24, 2.45) is 11.8 Å². The van der Waals surface area contributed by atoms with Crippen LogP contribution in [0.4, 0.5) is 5.69 Å². The Labute approximate surface area is 121 Å². The molecule has 0 amide bonds. The summed E-state index contributed by atoms with van der Waals surface area (Å²) >= 11 is 6.03. The van der Waals surface area contributed by atoms with E-state index >= 15 is 0 Å². The van der Waals surface area contributed by atoms with E-state index < -0.39 is 16.8 Å².